The summed E-state index contributed by atoms with van der Waals surface area (Å²) in [5.74, 6) is 0.269. The Kier molecular flexibility index (Phi) is 6.02. The topological polar surface area (TPSA) is 103 Å². The predicted molar refractivity (Wildman–Crippen MR) is 110 cm³/mol. The number of nitro groups is 1. The molecule has 0 aliphatic carbocycles. The second kappa shape index (κ2) is 8.32. The molecule has 8 nitrogen and oxygen atoms in total. The maximum atomic E-state index is 12.7. The van der Waals surface area contributed by atoms with Crippen LogP contribution in [0.15, 0.2) is 53.6 Å². The Bertz CT molecular complexity index is 1180. The summed E-state index contributed by atoms with van der Waals surface area (Å²) >= 11 is 5.98. The van der Waals surface area contributed by atoms with E-state index in [1.54, 1.807) is 38.1 Å². The summed E-state index contributed by atoms with van der Waals surface area (Å²) in [7, 11) is -3.84. The average molecular weight is 436 g/mol. The van der Waals surface area contributed by atoms with Crippen molar-refractivity contribution in [2.24, 2.45) is 0 Å². The molecule has 0 unspecified atom stereocenters. The Morgan fingerprint density at radius 1 is 1.10 bits per heavy atom. The molecule has 3 rings (SSSR count). The Hall–Kier alpha value is -2.75. The van der Waals surface area contributed by atoms with Crippen LogP contribution in [0.5, 0.6) is 11.5 Å². The Morgan fingerprint density at radius 3 is 2.48 bits per heavy atom. The van der Waals surface area contributed by atoms with Crippen molar-refractivity contribution in [1.82, 2.24) is 9.29 Å². The molecule has 0 saturated heterocycles. The molecule has 0 spiro atoms. The van der Waals surface area contributed by atoms with Crippen LogP contribution in [0, 0.1) is 10.1 Å². The summed E-state index contributed by atoms with van der Waals surface area (Å²) in [5, 5.41) is 12.7. The van der Waals surface area contributed by atoms with Crippen LogP contribution in [0.2, 0.25) is 5.02 Å². The third kappa shape index (κ3) is 4.16. The van der Waals surface area contributed by atoms with E-state index >= 15 is 0 Å². The van der Waals surface area contributed by atoms with E-state index < -0.39 is 20.6 Å². The summed E-state index contributed by atoms with van der Waals surface area (Å²) < 4.78 is 32.4. The van der Waals surface area contributed by atoms with Gasteiger partial charge >= 0.3 is 5.69 Å². The van der Waals surface area contributed by atoms with Crippen molar-refractivity contribution in [1.29, 1.82) is 0 Å². The number of fused-ring (bicyclic) bond motifs is 1. The summed E-state index contributed by atoms with van der Waals surface area (Å²) in [6.45, 7) is 3.92. The number of halogens is 1. The van der Waals surface area contributed by atoms with Gasteiger partial charge in [0.25, 0.3) is 0 Å². The fraction of sp³-hybridized carbons (Fsp3) is 0.211. The lowest BCUT2D eigenvalue weighted by molar-refractivity contribution is -0.385. The maximum absolute atomic E-state index is 12.7. The largest absolute Gasteiger partial charge is 0.449 e. The number of aromatic nitrogens is 1. The molecule has 0 aliphatic heterocycles. The normalized spacial score (nSPS) is 11.7. The molecule has 0 bridgehead atoms. The van der Waals surface area contributed by atoms with Gasteiger partial charge in [0.1, 0.15) is 5.75 Å². The van der Waals surface area contributed by atoms with Crippen LogP contribution in [0.4, 0.5) is 5.69 Å². The van der Waals surface area contributed by atoms with E-state index in [2.05, 4.69) is 4.98 Å². The van der Waals surface area contributed by atoms with Crippen molar-refractivity contribution in [3.8, 4) is 11.5 Å². The number of hydrogen-bond donors (Lipinski definition) is 0. The predicted octanol–water partition coefficient (Wildman–Crippen LogP) is 4.62. The van der Waals surface area contributed by atoms with Crippen LogP contribution in [0.1, 0.15) is 13.8 Å². The lowest BCUT2D eigenvalue weighted by atomic mass is 10.2. The second-order valence-electron chi connectivity index (χ2n) is 6.05. The van der Waals surface area contributed by atoms with Gasteiger partial charge < -0.3 is 4.74 Å². The number of nitrogens with zero attached hydrogens (tertiary/aromatic N) is 3. The zero-order valence-corrected chi connectivity index (χ0v) is 17.3. The number of ether oxygens (including phenoxy) is 1. The smallest absolute Gasteiger partial charge is 0.312 e. The highest BCUT2D eigenvalue weighted by atomic mass is 35.5. The number of sulfonamides is 1. The van der Waals surface area contributed by atoms with E-state index in [0.29, 0.717) is 21.7 Å². The minimum atomic E-state index is -3.84. The SMILES string of the molecule is CCN(CC)S(=O)(=O)c1ccc(Oc2ccnc3cc(Cl)ccc23)c([N+](=O)[O-])c1. The molecule has 0 fully saturated rings. The van der Waals surface area contributed by atoms with Crippen molar-refractivity contribution >= 4 is 38.2 Å². The summed E-state index contributed by atoms with van der Waals surface area (Å²) in [6.07, 6.45) is 1.50. The lowest BCUT2D eigenvalue weighted by Crippen LogP contribution is -2.30. The first-order chi connectivity index (χ1) is 13.8. The fourth-order valence-corrected chi connectivity index (χ4v) is 4.55. The van der Waals surface area contributed by atoms with Gasteiger partial charge in [-0.05, 0) is 36.4 Å². The van der Waals surface area contributed by atoms with Crippen LogP contribution in [-0.2, 0) is 10.0 Å². The van der Waals surface area contributed by atoms with Gasteiger partial charge in [-0.15, -0.1) is 0 Å². The third-order valence-electron chi connectivity index (χ3n) is 4.35. The van der Waals surface area contributed by atoms with Crippen LogP contribution < -0.4 is 4.74 Å². The van der Waals surface area contributed by atoms with Gasteiger partial charge in [0, 0.05) is 35.8 Å². The monoisotopic (exact) mass is 435 g/mol. The molecule has 0 radical (unpaired) electrons. The quantitative estimate of drug-likeness (QED) is 0.396. The zero-order chi connectivity index (χ0) is 21.2. The minimum Gasteiger partial charge on any atom is -0.449 e. The second-order valence-corrected chi connectivity index (χ2v) is 8.42. The molecule has 2 aromatic carbocycles. The van der Waals surface area contributed by atoms with Crippen molar-refractivity contribution in [3.63, 3.8) is 0 Å². The van der Waals surface area contributed by atoms with E-state index in [-0.39, 0.29) is 23.7 Å². The van der Waals surface area contributed by atoms with Gasteiger partial charge in [-0.1, -0.05) is 25.4 Å². The highest BCUT2D eigenvalue weighted by Gasteiger charge is 2.26. The van der Waals surface area contributed by atoms with Crippen LogP contribution in [0.25, 0.3) is 10.9 Å². The van der Waals surface area contributed by atoms with Gasteiger partial charge in [0.05, 0.1) is 15.3 Å². The van der Waals surface area contributed by atoms with Crippen molar-refractivity contribution in [2.75, 3.05) is 13.1 Å². The maximum Gasteiger partial charge on any atom is 0.312 e. The molecule has 0 amide bonds. The molecular formula is C19H18ClN3O5S. The van der Waals surface area contributed by atoms with E-state index in [9.17, 15) is 18.5 Å². The van der Waals surface area contributed by atoms with Crippen LogP contribution >= 0.6 is 11.6 Å². The van der Waals surface area contributed by atoms with Gasteiger partial charge in [0.2, 0.25) is 15.8 Å². The van der Waals surface area contributed by atoms with Crippen LogP contribution in [-0.4, -0.2) is 35.7 Å². The first kappa shape index (κ1) is 21.0. The van der Waals surface area contributed by atoms with Crippen LogP contribution in [0.3, 0.4) is 0 Å². The summed E-state index contributed by atoms with van der Waals surface area (Å²) in [5.41, 5.74) is 0.121. The Labute approximate surface area is 172 Å². The molecule has 1 aromatic heterocycles. The minimum absolute atomic E-state index is 0.0732. The zero-order valence-electron chi connectivity index (χ0n) is 15.7. The molecule has 1 heterocycles. The molecule has 0 aliphatic rings. The Morgan fingerprint density at radius 2 is 1.83 bits per heavy atom. The average Bonchev–Trinajstić information content (AvgIpc) is 2.68. The van der Waals surface area contributed by atoms with E-state index in [0.717, 1.165) is 6.07 Å². The van der Waals surface area contributed by atoms with E-state index in [1.807, 2.05) is 0 Å². The highest BCUT2D eigenvalue weighted by Crippen LogP contribution is 2.36. The van der Waals surface area contributed by atoms with E-state index in [4.69, 9.17) is 16.3 Å². The van der Waals surface area contributed by atoms with Gasteiger partial charge in [-0.3, -0.25) is 15.1 Å². The summed E-state index contributed by atoms with van der Waals surface area (Å²) in [6, 6.07) is 10.2. The number of hydrogen-bond acceptors (Lipinski definition) is 6. The number of benzene rings is 2. The van der Waals surface area contributed by atoms with Gasteiger partial charge in [-0.2, -0.15) is 4.31 Å². The molecule has 3 aromatic rings. The molecule has 0 N–H and O–H groups in total. The molecule has 0 atom stereocenters. The number of nitro benzene ring substituents is 1. The van der Waals surface area contributed by atoms with E-state index in [1.165, 1.54) is 22.6 Å². The van der Waals surface area contributed by atoms with Gasteiger partial charge in [0.15, 0.2) is 0 Å². The lowest BCUT2D eigenvalue weighted by Gasteiger charge is -2.18. The Balaban J connectivity index is 2.07. The highest BCUT2D eigenvalue weighted by molar-refractivity contribution is 7.89. The first-order valence-corrected chi connectivity index (χ1v) is 10.6. The van der Waals surface area contributed by atoms with Crippen molar-refractivity contribution < 1.29 is 18.1 Å². The molecular weight excluding hydrogens is 418 g/mol. The first-order valence-electron chi connectivity index (χ1n) is 8.78. The fourth-order valence-electron chi connectivity index (χ4n) is 2.90. The third-order valence-corrected chi connectivity index (χ3v) is 6.64. The molecule has 152 valence electrons. The number of pyridine rings is 1. The number of rotatable bonds is 7. The van der Waals surface area contributed by atoms with Crippen molar-refractivity contribution in [2.45, 2.75) is 18.7 Å². The van der Waals surface area contributed by atoms with Gasteiger partial charge in [-0.25, -0.2) is 8.42 Å². The standard InChI is InChI=1S/C19H18ClN3O5S/c1-3-22(4-2)29(26,27)14-6-8-19(17(12-14)23(24)25)28-18-9-10-21-16-11-13(20)5-7-15(16)18/h5-12H,3-4H2,1-2H3. The van der Waals surface area contributed by atoms with Crippen molar-refractivity contribution in [3.05, 3.63) is 63.8 Å². The molecule has 0 saturated carbocycles. The summed E-state index contributed by atoms with van der Waals surface area (Å²) in [4.78, 5) is 15.0. The molecule has 29 heavy (non-hydrogen) atoms. The molecule has 10 heteroatoms.